The van der Waals surface area contributed by atoms with Crippen molar-refractivity contribution in [2.45, 2.75) is 18.7 Å². The van der Waals surface area contributed by atoms with Crippen molar-refractivity contribution < 1.29 is 9.90 Å². The standard InChI is InChI=1S/C13H20N2O2S/c1-3-15(4-2)7-8-18-12-6-5-10(13(16)17)9-11(12)14/h5-6,9H,3-4,7-8,14H2,1-2H3,(H,16,17). The van der Waals surface area contributed by atoms with E-state index in [2.05, 4.69) is 18.7 Å². The number of rotatable bonds is 7. The fourth-order valence-corrected chi connectivity index (χ4v) is 2.60. The lowest BCUT2D eigenvalue weighted by Crippen LogP contribution is -2.25. The third-order valence-corrected chi connectivity index (χ3v) is 3.89. The maximum Gasteiger partial charge on any atom is 0.335 e. The van der Waals surface area contributed by atoms with E-state index in [1.54, 1.807) is 23.9 Å². The molecule has 0 unspecified atom stereocenters. The molecule has 1 aromatic carbocycles. The number of hydrogen-bond donors (Lipinski definition) is 2. The molecule has 0 amide bonds. The zero-order chi connectivity index (χ0) is 13.5. The Kier molecular flexibility index (Phi) is 6.01. The minimum atomic E-state index is -0.943. The number of benzene rings is 1. The van der Waals surface area contributed by atoms with E-state index in [9.17, 15) is 4.79 Å². The van der Waals surface area contributed by atoms with Crippen LogP contribution in [-0.2, 0) is 0 Å². The van der Waals surface area contributed by atoms with Gasteiger partial charge in [0.1, 0.15) is 0 Å². The lowest BCUT2D eigenvalue weighted by molar-refractivity contribution is 0.0697. The van der Waals surface area contributed by atoms with Gasteiger partial charge in [-0.3, -0.25) is 0 Å². The van der Waals surface area contributed by atoms with Crippen LogP contribution in [0.15, 0.2) is 23.1 Å². The number of hydrogen-bond acceptors (Lipinski definition) is 4. The van der Waals surface area contributed by atoms with E-state index in [4.69, 9.17) is 10.8 Å². The van der Waals surface area contributed by atoms with Gasteiger partial charge in [-0.15, -0.1) is 11.8 Å². The SMILES string of the molecule is CCN(CC)CCSc1ccc(C(=O)O)cc1N. The molecule has 100 valence electrons. The number of nitrogen functional groups attached to an aromatic ring is 1. The van der Waals surface area contributed by atoms with E-state index in [1.807, 2.05) is 0 Å². The number of nitrogens with two attached hydrogens (primary N) is 1. The number of aromatic carboxylic acids is 1. The van der Waals surface area contributed by atoms with Gasteiger partial charge in [-0.25, -0.2) is 4.79 Å². The lowest BCUT2D eigenvalue weighted by Gasteiger charge is -2.17. The summed E-state index contributed by atoms with van der Waals surface area (Å²) in [5, 5.41) is 8.84. The summed E-state index contributed by atoms with van der Waals surface area (Å²) in [6, 6.07) is 4.90. The highest BCUT2D eigenvalue weighted by Gasteiger charge is 2.07. The van der Waals surface area contributed by atoms with Crippen LogP contribution in [0.5, 0.6) is 0 Å². The topological polar surface area (TPSA) is 66.6 Å². The van der Waals surface area contributed by atoms with Crippen molar-refractivity contribution in [3.63, 3.8) is 0 Å². The first-order valence-corrected chi connectivity index (χ1v) is 7.05. The zero-order valence-corrected chi connectivity index (χ0v) is 11.7. The smallest absolute Gasteiger partial charge is 0.335 e. The second-order valence-corrected chi connectivity index (χ2v) is 5.07. The molecule has 0 atom stereocenters. The highest BCUT2D eigenvalue weighted by molar-refractivity contribution is 7.99. The van der Waals surface area contributed by atoms with Gasteiger partial charge < -0.3 is 15.7 Å². The van der Waals surface area contributed by atoms with Gasteiger partial charge >= 0.3 is 5.97 Å². The van der Waals surface area contributed by atoms with Crippen molar-refractivity contribution in [1.82, 2.24) is 4.90 Å². The summed E-state index contributed by atoms with van der Waals surface area (Å²) in [4.78, 5) is 14.1. The van der Waals surface area contributed by atoms with Crippen LogP contribution in [0.1, 0.15) is 24.2 Å². The van der Waals surface area contributed by atoms with Crippen LogP contribution < -0.4 is 5.73 Å². The van der Waals surface area contributed by atoms with Crippen molar-refractivity contribution in [3.05, 3.63) is 23.8 Å². The molecule has 4 nitrogen and oxygen atoms in total. The van der Waals surface area contributed by atoms with Crippen molar-refractivity contribution in [2.75, 3.05) is 31.1 Å². The zero-order valence-electron chi connectivity index (χ0n) is 10.8. The molecule has 0 fully saturated rings. The number of anilines is 1. The van der Waals surface area contributed by atoms with Gasteiger partial charge in [0.15, 0.2) is 0 Å². The van der Waals surface area contributed by atoms with Gasteiger partial charge in [0.2, 0.25) is 0 Å². The average molecular weight is 268 g/mol. The first kappa shape index (κ1) is 14.9. The Balaban J connectivity index is 2.55. The van der Waals surface area contributed by atoms with Gasteiger partial charge in [-0.2, -0.15) is 0 Å². The van der Waals surface area contributed by atoms with E-state index >= 15 is 0 Å². The van der Waals surface area contributed by atoms with Crippen LogP contribution in [0, 0.1) is 0 Å². The molecule has 0 aliphatic rings. The summed E-state index contributed by atoms with van der Waals surface area (Å²) in [6.45, 7) is 7.39. The number of carbonyl (C=O) groups is 1. The molecule has 0 aromatic heterocycles. The maximum absolute atomic E-state index is 10.8. The Morgan fingerprint density at radius 2 is 2.06 bits per heavy atom. The third kappa shape index (κ3) is 4.23. The molecule has 1 aromatic rings. The largest absolute Gasteiger partial charge is 0.478 e. The first-order chi connectivity index (χ1) is 8.58. The van der Waals surface area contributed by atoms with Crippen molar-refractivity contribution >= 4 is 23.4 Å². The first-order valence-electron chi connectivity index (χ1n) is 6.06. The molecule has 0 saturated carbocycles. The van der Waals surface area contributed by atoms with Crippen LogP contribution in [0.4, 0.5) is 5.69 Å². The predicted molar refractivity (Wildman–Crippen MR) is 76.3 cm³/mol. The average Bonchev–Trinajstić information content (AvgIpc) is 2.36. The van der Waals surface area contributed by atoms with E-state index in [0.717, 1.165) is 30.3 Å². The Bertz CT molecular complexity index is 406. The molecular weight excluding hydrogens is 248 g/mol. The molecule has 5 heteroatoms. The lowest BCUT2D eigenvalue weighted by atomic mass is 10.2. The number of carboxylic acid groups (broad SMARTS) is 1. The quantitative estimate of drug-likeness (QED) is 0.587. The van der Waals surface area contributed by atoms with Gasteiger partial charge in [-0.1, -0.05) is 13.8 Å². The normalized spacial score (nSPS) is 10.8. The van der Waals surface area contributed by atoms with Gasteiger partial charge in [0.25, 0.3) is 0 Å². The fraction of sp³-hybridized carbons (Fsp3) is 0.462. The molecule has 18 heavy (non-hydrogen) atoms. The number of thioether (sulfide) groups is 1. The molecule has 0 aliphatic carbocycles. The summed E-state index contributed by atoms with van der Waals surface area (Å²) in [5.74, 6) is 0.0135. The molecule has 0 saturated heterocycles. The minimum absolute atomic E-state index is 0.237. The Hall–Kier alpha value is -1.20. The maximum atomic E-state index is 10.8. The molecule has 0 heterocycles. The molecule has 0 spiro atoms. The van der Waals surface area contributed by atoms with Crippen LogP contribution in [0.2, 0.25) is 0 Å². The predicted octanol–water partition coefficient (Wildman–Crippen LogP) is 2.40. The summed E-state index contributed by atoms with van der Waals surface area (Å²) in [7, 11) is 0. The van der Waals surface area contributed by atoms with Crippen molar-refractivity contribution in [3.8, 4) is 0 Å². The van der Waals surface area contributed by atoms with Crippen molar-refractivity contribution in [1.29, 1.82) is 0 Å². The van der Waals surface area contributed by atoms with E-state index in [1.165, 1.54) is 6.07 Å². The van der Waals surface area contributed by atoms with Crippen LogP contribution in [-0.4, -0.2) is 41.4 Å². The molecule has 3 N–H and O–H groups in total. The number of nitrogens with zero attached hydrogens (tertiary/aromatic N) is 1. The van der Waals surface area contributed by atoms with Crippen LogP contribution in [0.25, 0.3) is 0 Å². The Morgan fingerprint density at radius 1 is 1.39 bits per heavy atom. The second kappa shape index (κ2) is 7.28. The van der Waals surface area contributed by atoms with Crippen LogP contribution >= 0.6 is 11.8 Å². The molecule has 1 rings (SSSR count). The molecular formula is C13H20N2O2S. The van der Waals surface area contributed by atoms with Gasteiger partial charge in [0.05, 0.1) is 5.56 Å². The molecule has 0 bridgehead atoms. The summed E-state index contributed by atoms with van der Waals surface area (Å²) in [5.41, 5.74) is 6.62. The fourth-order valence-electron chi connectivity index (χ4n) is 1.64. The summed E-state index contributed by atoms with van der Waals surface area (Å²) >= 11 is 1.67. The highest BCUT2D eigenvalue weighted by Crippen LogP contribution is 2.25. The summed E-state index contributed by atoms with van der Waals surface area (Å²) < 4.78 is 0. The Morgan fingerprint density at radius 3 is 2.56 bits per heavy atom. The van der Waals surface area contributed by atoms with E-state index in [0.29, 0.717) is 5.69 Å². The third-order valence-electron chi connectivity index (χ3n) is 2.82. The van der Waals surface area contributed by atoms with Crippen molar-refractivity contribution in [2.24, 2.45) is 0 Å². The molecule has 0 radical (unpaired) electrons. The summed E-state index contributed by atoms with van der Waals surface area (Å²) in [6.07, 6.45) is 0. The van der Waals surface area contributed by atoms with Gasteiger partial charge in [0, 0.05) is 22.9 Å². The van der Waals surface area contributed by atoms with Crippen LogP contribution in [0.3, 0.4) is 0 Å². The highest BCUT2D eigenvalue weighted by atomic mass is 32.2. The monoisotopic (exact) mass is 268 g/mol. The van der Waals surface area contributed by atoms with E-state index in [-0.39, 0.29) is 5.56 Å². The Labute approximate surface area is 112 Å². The van der Waals surface area contributed by atoms with E-state index < -0.39 is 5.97 Å². The number of carboxylic acids is 1. The van der Waals surface area contributed by atoms with Gasteiger partial charge in [-0.05, 0) is 31.3 Å². The second-order valence-electron chi connectivity index (χ2n) is 3.93. The minimum Gasteiger partial charge on any atom is -0.478 e. The molecule has 0 aliphatic heterocycles.